The van der Waals surface area contributed by atoms with Crippen LogP contribution in [0.3, 0.4) is 0 Å². The Labute approximate surface area is 141 Å². The molecule has 0 atom stereocenters. The molecule has 0 fully saturated rings. The second-order valence-electron chi connectivity index (χ2n) is 5.37. The number of nitrogens with zero attached hydrogens (tertiary/aromatic N) is 1. The van der Waals surface area contributed by atoms with Crippen molar-refractivity contribution in [3.63, 3.8) is 0 Å². The molecule has 24 heavy (non-hydrogen) atoms. The van der Waals surface area contributed by atoms with Gasteiger partial charge in [-0.15, -0.1) is 0 Å². The van der Waals surface area contributed by atoms with Gasteiger partial charge in [0.05, 0.1) is 12.3 Å². The Hall–Kier alpha value is -2.82. The first-order valence-electron chi connectivity index (χ1n) is 7.72. The van der Waals surface area contributed by atoms with E-state index >= 15 is 0 Å². The molecule has 2 aromatic rings. The van der Waals surface area contributed by atoms with Gasteiger partial charge in [-0.25, -0.2) is 4.79 Å². The summed E-state index contributed by atoms with van der Waals surface area (Å²) in [7, 11) is 0. The number of ether oxygens (including phenoxy) is 2. The van der Waals surface area contributed by atoms with Crippen LogP contribution >= 0.6 is 0 Å². The number of aryl methyl sites for hydroxylation is 2. The number of carboxylic acids is 1. The van der Waals surface area contributed by atoms with Crippen LogP contribution in [-0.4, -0.2) is 30.5 Å². The van der Waals surface area contributed by atoms with Crippen LogP contribution in [0, 0.1) is 13.8 Å². The van der Waals surface area contributed by atoms with E-state index in [1.807, 2.05) is 39.0 Å². The monoisotopic (exact) mass is 327 g/mol. The zero-order chi connectivity index (χ0) is 17.5. The minimum Gasteiger partial charge on any atom is -0.490 e. The quantitative estimate of drug-likeness (QED) is 0.783. The average molecular weight is 327 g/mol. The van der Waals surface area contributed by atoms with Crippen molar-refractivity contribution < 1.29 is 19.4 Å². The maximum Gasteiger partial charge on any atom is 0.341 e. The molecule has 0 aliphatic carbocycles. The SMILES string of the molecule is CCOc1cc(C=Nc2cc(C)ccc2C)ccc1OCC(=O)O. The van der Waals surface area contributed by atoms with Crippen LogP contribution in [0.4, 0.5) is 5.69 Å². The van der Waals surface area contributed by atoms with Gasteiger partial charge in [0.25, 0.3) is 0 Å². The molecule has 0 aliphatic heterocycles. The van der Waals surface area contributed by atoms with E-state index in [9.17, 15) is 4.79 Å². The maximum absolute atomic E-state index is 10.6. The van der Waals surface area contributed by atoms with Crippen molar-refractivity contribution >= 4 is 17.9 Å². The third-order valence-corrected chi connectivity index (χ3v) is 3.34. The molecule has 0 aromatic heterocycles. The first kappa shape index (κ1) is 17.5. The van der Waals surface area contributed by atoms with Gasteiger partial charge in [0.2, 0.25) is 0 Å². The van der Waals surface area contributed by atoms with Gasteiger partial charge in [0.1, 0.15) is 0 Å². The highest BCUT2D eigenvalue weighted by Gasteiger charge is 2.08. The molecular weight excluding hydrogens is 306 g/mol. The van der Waals surface area contributed by atoms with Gasteiger partial charge in [0, 0.05) is 6.21 Å². The van der Waals surface area contributed by atoms with Gasteiger partial charge in [0.15, 0.2) is 18.1 Å². The Morgan fingerprint density at radius 1 is 1.12 bits per heavy atom. The minimum atomic E-state index is -1.03. The number of hydrogen-bond donors (Lipinski definition) is 1. The van der Waals surface area contributed by atoms with E-state index in [4.69, 9.17) is 14.6 Å². The summed E-state index contributed by atoms with van der Waals surface area (Å²) in [5.74, 6) is -0.121. The van der Waals surface area contributed by atoms with Gasteiger partial charge in [-0.1, -0.05) is 12.1 Å². The van der Waals surface area contributed by atoms with Crippen LogP contribution in [0.25, 0.3) is 0 Å². The highest BCUT2D eigenvalue weighted by molar-refractivity contribution is 5.83. The van der Waals surface area contributed by atoms with E-state index in [1.54, 1.807) is 18.3 Å². The molecule has 0 saturated carbocycles. The summed E-state index contributed by atoms with van der Waals surface area (Å²) in [6.45, 7) is 5.95. The Morgan fingerprint density at radius 2 is 1.92 bits per heavy atom. The number of carboxylic acid groups (broad SMARTS) is 1. The van der Waals surface area contributed by atoms with E-state index < -0.39 is 12.6 Å². The van der Waals surface area contributed by atoms with Crippen molar-refractivity contribution in [2.24, 2.45) is 4.99 Å². The third kappa shape index (κ3) is 4.84. The summed E-state index contributed by atoms with van der Waals surface area (Å²) < 4.78 is 10.8. The minimum absolute atomic E-state index is 0.406. The molecule has 0 spiro atoms. The lowest BCUT2D eigenvalue weighted by molar-refractivity contribution is -0.139. The topological polar surface area (TPSA) is 68.1 Å². The Kier molecular flexibility index (Phi) is 5.95. The van der Waals surface area contributed by atoms with Crippen molar-refractivity contribution in [1.82, 2.24) is 0 Å². The van der Waals surface area contributed by atoms with Crippen molar-refractivity contribution in [1.29, 1.82) is 0 Å². The molecule has 2 rings (SSSR count). The van der Waals surface area contributed by atoms with Crippen LogP contribution < -0.4 is 9.47 Å². The van der Waals surface area contributed by atoms with Crippen LogP contribution in [0.15, 0.2) is 41.4 Å². The molecule has 5 nitrogen and oxygen atoms in total. The summed E-state index contributed by atoms with van der Waals surface area (Å²) in [6.07, 6.45) is 1.76. The van der Waals surface area contributed by atoms with Crippen LogP contribution in [0.2, 0.25) is 0 Å². The van der Waals surface area contributed by atoms with Gasteiger partial charge in [-0.05, 0) is 61.7 Å². The molecule has 1 N–H and O–H groups in total. The summed E-state index contributed by atoms with van der Waals surface area (Å²) >= 11 is 0. The summed E-state index contributed by atoms with van der Waals surface area (Å²) in [5.41, 5.74) is 4.02. The van der Waals surface area contributed by atoms with E-state index in [0.717, 1.165) is 22.4 Å². The number of hydrogen-bond acceptors (Lipinski definition) is 4. The predicted octanol–water partition coefficient (Wildman–Crippen LogP) is 3.92. The first-order valence-corrected chi connectivity index (χ1v) is 7.72. The predicted molar refractivity (Wildman–Crippen MR) is 93.9 cm³/mol. The number of aliphatic imine (C=N–C) groups is 1. The molecule has 0 heterocycles. The zero-order valence-corrected chi connectivity index (χ0v) is 14.1. The standard InChI is InChI=1S/C19H21NO4/c1-4-23-18-10-15(7-8-17(18)24-12-19(21)22)11-20-16-9-13(2)5-6-14(16)3/h5-11H,4,12H2,1-3H3,(H,21,22). The van der Waals surface area contributed by atoms with Crippen LogP contribution in [0.5, 0.6) is 11.5 Å². The largest absolute Gasteiger partial charge is 0.490 e. The maximum atomic E-state index is 10.6. The fourth-order valence-corrected chi connectivity index (χ4v) is 2.13. The second-order valence-corrected chi connectivity index (χ2v) is 5.37. The number of rotatable bonds is 7. The molecule has 126 valence electrons. The number of benzene rings is 2. The Morgan fingerprint density at radius 3 is 2.62 bits per heavy atom. The van der Waals surface area contributed by atoms with E-state index in [-0.39, 0.29) is 0 Å². The van der Waals surface area contributed by atoms with Crippen molar-refractivity contribution in [2.45, 2.75) is 20.8 Å². The van der Waals surface area contributed by atoms with E-state index in [1.165, 1.54) is 0 Å². The van der Waals surface area contributed by atoms with Gasteiger partial charge in [-0.2, -0.15) is 0 Å². The molecule has 0 bridgehead atoms. The van der Waals surface area contributed by atoms with Gasteiger partial charge in [-0.3, -0.25) is 4.99 Å². The van der Waals surface area contributed by atoms with Crippen LogP contribution in [0.1, 0.15) is 23.6 Å². The lowest BCUT2D eigenvalue weighted by atomic mass is 10.1. The highest BCUT2D eigenvalue weighted by atomic mass is 16.5. The Balaban J connectivity index is 2.24. The molecule has 0 aliphatic rings. The fraction of sp³-hybridized carbons (Fsp3) is 0.263. The van der Waals surface area contributed by atoms with E-state index in [2.05, 4.69) is 11.1 Å². The average Bonchev–Trinajstić information content (AvgIpc) is 2.55. The van der Waals surface area contributed by atoms with E-state index in [0.29, 0.717) is 18.1 Å². The molecule has 0 saturated heterocycles. The third-order valence-electron chi connectivity index (χ3n) is 3.34. The summed E-state index contributed by atoms with van der Waals surface area (Å²) in [4.78, 5) is 15.2. The summed E-state index contributed by atoms with van der Waals surface area (Å²) in [6, 6.07) is 11.4. The fourth-order valence-electron chi connectivity index (χ4n) is 2.13. The second kappa shape index (κ2) is 8.15. The molecule has 0 amide bonds. The van der Waals surface area contributed by atoms with Gasteiger partial charge < -0.3 is 14.6 Å². The normalized spacial score (nSPS) is 10.8. The first-order chi connectivity index (χ1) is 11.5. The van der Waals surface area contributed by atoms with Crippen molar-refractivity contribution in [3.05, 3.63) is 53.1 Å². The molecule has 5 heteroatoms. The zero-order valence-electron chi connectivity index (χ0n) is 14.1. The number of aliphatic carboxylic acids is 1. The lowest BCUT2D eigenvalue weighted by Crippen LogP contribution is -2.10. The molecular formula is C19H21NO4. The van der Waals surface area contributed by atoms with Crippen molar-refractivity contribution in [2.75, 3.05) is 13.2 Å². The smallest absolute Gasteiger partial charge is 0.341 e. The van der Waals surface area contributed by atoms with Crippen LogP contribution in [-0.2, 0) is 4.79 Å². The van der Waals surface area contributed by atoms with Gasteiger partial charge >= 0.3 is 5.97 Å². The molecule has 2 aromatic carbocycles. The highest BCUT2D eigenvalue weighted by Crippen LogP contribution is 2.28. The summed E-state index contributed by atoms with van der Waals surface area (Å²) in [5, 5.41) is 8.72. The lowest BCUT2D eigenvalue weighted by Gasteiger charge is -2.11. The molecule has 0 unspecified atom stereocenters. The number of carbonyl (C=O) groups is 1. The molecule has 0 radical (unpaired) electrons. The van der Waals surface area contributed by atoms with Crippen molar-refractivity contribution in [3.8, 4) is 11.5 Å². The Bertz CT molecular complexity index is 753.